The number of carbonyl (C=O) groups excluding carboxylic acids is 1. The number of ether oxygens (including phenoxy) is 1. The van der Waals surface area contributed by atoms with Crippen LogP contribution in [-0.2, 0) is 4.74 Å². The lowest BCUT2D eigenvalue weighted by Crippen LogP contribution is -2.57. The van der Waals surface area contributed by atoms with E-state index in [1.165, 1.54) is 22.3 Å². The van der Waals surface area contributed by atoms with Crippen LogP contribution in [0.4, 0.5) is 4.79 Å². The van der Waals surface area contributed by atoms with E-state index in [1.807, 2.05) is 4.90 Å². The summed E-state index contributed by atoms with van der Waals surface area (Å²) in [6, 6.07) is 17.4. The number of amides is 1. The number of benzene rings is 2. The summed E-state index contributed by atoms with van der Waals surface area (Å²) >= 11 is 0. The van der Waals surface area contributed by atoms with Crippen molar-refractivity contribution in [1.82, 2.24) is 10.2 Å². The molecule has 1 amide bonds. The van der Waals surface area contributed by atoms with Crippen LogP contribution in [0.1, 0.15) is 37.3 Å². The number of hydrogen-bond donors (Lipinski definition) is 1. The second-order valence-electron chi connectivity index (χ2n) is 7.33. The van der Waals surface area contributed by atoms with Gasteiger partial charge in [-0.05, 0) is 35.6 Å². The summed E-state index contributed by atoms with van der Waals surface area (Å²) in [5, 5.41) is 3.44. The molecular formula is C22H26N2O2. The fourth-order valence-corrected chi connectivity index (χ4v) is 4.22. The van der Waals surface area contributed by atoms with Gasteiger partial charge >= 0.3 is 6.09 Å². The Hall–Kier alpha value is -2.33. The number of fused-ring (bicyclic) bond motifs is 3. The molecule has 0 saturated carbocycles. The molecule has 1 fully saturated rings. The first-order chi connectivity index (χ1) is 12.7. The van der Waals surface area contributed by atoms with Gasteiger partial charge in [0, 0.05) is 31.1 Å². The van der Waals surface area contributed by atoms with Crippen molar-refractivity contribution in [3.05, 3.63) is 59.7 Å². The number of nitrogens with one attached hydrogen (secondary N) is 1. The van der Waals surface area contributed by atoms with E-state index >= 15 is 0 Å². The highest BCUT2D eigenvalue weighted by molar-refractivity contribution is 5.79. The molecular weight excluding hydrogens is 324 g/mol. The lowest BCUT2D eigenvalue weighted by atomic mass is 9.98. The zero-order valence-corrected chi connectivity index (χ0v) is 15.4. The Morgan fingerprint density at radius 1 is 1.12 bits per heavy atom. The minimum Gasteiger partial charge on any atom is -0.448 e. The zero-order valence-electron chi connectivity index (χ0n) is 15.4. The van der Waals surface area contributed by atoms with Crippen molar-refractivity contribution in [2.75, 3.05) is 19.7 Å². The van der Waals surface area contributed by atoms with E-state index in [0.29, 0.717) is 19.2 Å². The highest BCUT2D eigenvalue weighted by atomic mass is 16.6. The molecule has 0 spiro atoms. The van der Waals surface area contributed by atoms with Gasteiger partial charge in [-0.25, -0.2) is 4.79 Å². The van der Waals surface area contributed by atoms with Crippen molar-refractivity contribution in [1.29, 1.82) is 0 Å². The Bertz CT molecular complexity index is 759. The average Bonchev–Trinajstić information content (AvgIpc) is 3.00. The topological polar surface area (TPSA) is 41.6 Å². The van der Waals surface area contributed by atoms with Crippen LogP contribution in [0.2, 0.25) is 0 Å². The fraction of sp³-hybridized carbons (Fsp3) is 0.409. The third-order valence-electron chi connectivity index (χ3n) is 5.66. The first kappa shape index (κ1) is 17.1. The molecule has 0 radical (unpaired) electrons. The van der Waals surface area contributed by atoms with Gasteiger partial charge in [-0.3, -0.25) is 0 Å². The first-order valence-electron chi connectivity index (χ1n) is 9.54. The first-order valence-corrected chi connectivity index (χ1v) is 9.54. The molecule has 1 aliphatic carbocycles. The molecule has 1 aliphatic heterocycles. The van der Waals surface area contributed by atoms with Crippen LogP contribution in [0.5, 0.6) is 0 Å². The van der Waals surface area contributed by atoms with E-state index in [2.05, 4.69) is 67.7 Å². The van der Waals surface area contributed by atoms with E-state index in [4.69, 9.17) is 4.74 Å². The van der Waals surface area contributed by atoms with Crippen LogP contribution < -0.4 is 5.32 Å². The summed E-state index contributed by atoms with van der Waals surface area (Å²) in [4.78, 5) is 14.7. The number of hydrogen-bond acceptors (Lipinski definition) is 3. The van der Waals surface area contributed by atoms with E-state index in [0.717, 1.165) is 13.0 Å². The van der Waals surface area contributed by atoms with Crippen molar-refractivity contribution in [2.45, 2.75) is 38.3 Å². The second kappa shape index (κ2) is 7.12. The maximum absolute atomic E-state index is 12.8. The van der Waals surface area contributed by atoms with Crippen molar-refractivity contribution in [2.24, 2.45) is 0 Å². The van der Waals surface area contributed by atoms with Crippen LogP contribution >= 0.6 is 0 Å². The predicted octanol–water partition coefficient (Wildman–Crippen LogP) is 4.01. The number of rotatable bonds is 3. The lowest BCUT2D eigenvalue weighted by molar-refractivity contribution is 0.0667. The molecule has 26 heavy (non-hydrogen) atoms. The third-order valence-corrected chi connectivity index (χ3v) is 5.66. The maximum Gasteiger partial charge on any atom is 0.410 e. The largest absolute Gasteiger partial charge is 0.448 e. The molecule has 4 heteroatoms. The fourth-order valence-electron chi connectivity index (χ4n) is 4.22. The van der Waals surface area contributed by atoms with Crippen molar-refractivity contribution in [3.63, 3.8) is 0 Å². The van der Waals surface area contributed by atoms with Gasteiger partial charge in [0.05, 0.1) is 0 Å². The molecule has 4 rings (SSSR count). The Morgan fingerprint density at radius 3 is 2.35 bits per heavy atom. The normalized spacial score (nSPS) is 22.0. The van der Waals surface area contributed by atoms with Gasteiger partial charge in [0.1, 0.15) is 6.61 Å². The number of piperazine rings is 1. The van der Waals surface area contributed by atoms with Crippen LogP contribution in [0.25, 0.3) is 11.1 Å². The minimum atomic E-state index is -0.188. The monoisotopic (exact) mass is 350 g/mol. The van der Waals surface area contributed by atoms with Crippen molar-refractivity contribution >= 4 is 6.09 Å². The average molecular weight is 350 g/mol. The van der Waals surface area contributed by atoms with Gasteiger partial charge < -0.3 is 15.0 Å². The molecule has 0 aromatic heterocycles. The summed E-state index contributed by atoms with van der Waals surface area (Å²) in [5.74, 6) is 0.117. The van der Waals surface area contributed by atoms with Gasteiger partial charge in [-0.2, -0.15) is 0 Å². The van der Waals surface area contributed by atoms with Crippen LogP contribution in [0.15, 0.2) is 48.5 Å². The molecule has 0 unspecified atom stereocenters. The number of carbonyl (C=O) groups is 1. The van der Waals surface area contributed by atoms with E-state index in [9.17, 15) is 4.79 Å². The molecule has 1 N–H and O–H groups in total. The minimum absolute atomic E-state index is 0.117. The van der Waals surface area contributed by atoms with E-state index < -0.39 is 0 Å². The highest BCUT2D eigenvalue weighted by Crippen LogP contribution is 2.44. The molecule has 2 aromatic carbocycles. The van der Waals surface area contributed by atoms with Gasteiger partial charge in [-0.15, -0.1) is 0 Å². The highest BCUT2D eigenvalue weighted by Gasteiger charge is 2.32. The van der Waals surface area contributed by atoms with E-state index in [1.54, 1.807) is 0 Å². The predicted molar refractivity (Wildman–Crippen MR) is 103 cm³/mol. The maximum atomic E-state index is 12.8. The van der Waals surface area contributed by atoms with Gasteiger partial charge in [0.15, 0.2) is 0 Å². The smallest absolute Gasteiger partial charge is 0.410 e. The zero-order chi connectivity index (χ0) is 18.1. The summed E-state index contributed by atoms with van der Waals surface area (Å²) in [6.07, 6.45) is 0.747. The lowest BCUT2D eigenvalue weighted by Gasteiger charge is -2.38. The molecule has 1 heterocycles. The molecule has 136 valence electrons. The standard InChI is InChI=1S/C22H26N2O2/c1-3-16-12-23-15(2)13-24(16)22(25)26-14-21-19-10-6-4-8-17(19)18-9-5-7-11-20(18)21/h4-11,15-16,21,23H,3,12-14H2,1-2H3/t15-,16+/m1/s1. The van der Waals surface area contributed by atoms with Crippen molar-refractivity contribution < 1.29 is 9.53 Å². The van der Waals surface area contributed by atoms with Gasteiger partial charge in [0.2, 0.25) is 0 Å². The quantitative estimate of drug-likeness (QED) is 0.909. The summed E-state index contributed by atoms with van der Waals surface area (Å²) < 4.78 is 5.82. The van der Waals surface area contributed by atoms with Crippen molar-refractivity contribution in [3.8, 4) is 11.1 Å². The second-order valence-corrected chi connectivity index (χ2v) is 7.33. The molecule has 4 nitrogen and oxygen atoms in total. The molecule has 2 aromatic rings. The Balaban J connectivity index is 1.52. The van der Waals surface area contributed by atoms with Crippen LogP contribution in [0, 0.1) is 0 Å². The Labute approximate surface area is 155 Å². The SMILES string of the molecule is CC[C@H]1CN[C@H](C)CN1C(=O)OCC1c2ccccc2-c2ccccc21. The molecule has 1 saturated heterocycles. The number of nitrogens with zero attached hydrogens (tertiary/aromatic N) is 1. The van der Waals surface area contributed by atoms with E-state index in [-0.39, 0.29) is 18.1 Å². The van der Waals surface area contributed by atoms with Crippen LogP contribution in [-0.4, -0.2) is 42.8 Å². The molecule has 2 atom stereocenters. The summed E-state index contributed by atoms with van der Waals surface area (Å²) in [6.45, 7) is 6.15. The van der Waals surface area contributed by atoms with Gasteiger partial charge in [-0.1, -0.05) is 55.5 Å². The summed E-state index contributed by atoms with van der Waals surface area (Å²) in [5.41, 5.74) is 5.02. The third kappa shape index (κ3) is 2.99. The summed E-state index contributed by atoms with van der Waals surface area (Å²) in [7, 11) is 0. The van der Waals surface area contributed by atoms with Crippen LogP contribution in [0.3, 0.4) is 0 Å². The Kier molecular flexibility index (Phi) is 4.68. The molecule has 0 bridgehead atoms. The van der Waals surface area contributed by atoms with Gasteiger partial charge in [0.25, 0.3) is 0 Å². The Morgan fingerprint density at radius 2 is 1.73 bits per heavy atom. The molecule has 2 aliphatic rings.